The minimum atomic E-state index is -3.70. The number of nitrogens with one attached hydrogen (secondary N) is 1. The lowest BCUT2D eigenvalue weighted by atomic mass is 10.0. The topological polar surface area (TPSA) is 105 Å². The molecule has 1 saturated heterocycles. The van der Waals surface area contributed by atoms with Crippen LogP contribution in [0.15, 0.2) is 108 Å². The molecule has 4 aromatic carbocycles. The zero-order chi connectivity index (χ0) is 32.5. The van der Waals surface area contributed by atoms with Gasteiger partial charge in [-0.05, 0) is 59.2 Å². The minimum absolute atomic E-state index is 0.0156. The first-order valence-corrected chi connectivity index (χ1v) is 16.4. The summed E-state index contributed by atoms with van der Waals surface area (Å²) in [6, 6.07) is 26.4. The predicted molar refractivity (Wildman–Crippen MR) is 171 cm³/mol. The van der Waals surface area contributed by atoms with Crippen molar-refractivity contribution in [1.82, 2.24) is 14.5 Å². The maximum atomic E-state index is 13.9. The molecule has 12 heteroatoms. The van der Waals surface area contributed by atoms with Gasteiger partial charge in [-0.3, -0.25) is 9.59 Å². The lowest BCUT2D eigenvalue weighted by Crippen LogP contribution is -2.45. The number of morpholine rings is 1. The summed E-state index contributed by atoms with van der Waals surface area (Å²) in [6.45, 7) is 0.881. The molecule has 2 amide bonds. The van der Waals surface area contributed by atoms with Crippen LogP contribution in [-0.2, 0) is 37.4 Å². The van der Waals surface area contributed by atoms with E-state index in [0.717, 1.165) is 0 Å². The van der Waals surface area contributed by atoms with Crippen LogP contribution >= 0.6 is 11.6 Å². The molecular formula is C34H33ClFN3O6S. The number of amides is 2. The van der Waals surface area contributed by atoms with Crippen molar-refractivity contribution < 1.29 is 31.9 Å². The first kappa shape index (κ1) is 33.1. The molecule has 1 heterocycles. The van der Waals surface area contributed by atoms with Gasteiger partial charge in [-0.25, -0.2) is 12.8 Å². The molecule has 0 bridgehead atoms. The SMILES string of the molecule is O=C(NCc1ccccc1Cl)[C@@H](c1ccccc1)N(Cc1ccc(F)cc1)C(=O)COc1ccc(S(=O)(=O)N2CCOCC2)cc1. The molecule has 1 atom stereocenters. The second-order valence-corrected chi connectivity index (χ2v) is 12.9. The number of carbonyl (C=O) groups excluding carboxylic acids is 2. The first-order valence-electron chi connectivity index (χ1n) is 14.6. The number of rotatable bonds is 12. The molecule has 4 aromatic rings. The minimum Gasteiger partial charge on any atom is -0.484 e. The summed E-state index contributed by atoms with van der Waals surface area (Å²) < 4.78 is 52.1. The Balaban J connectivity index is 1.37. The molecule has 1 aliphatic rings. The second-order valence-electron chi connectivity index (χ2n) is 10.5. The smallest absolute Gasteiger partial charge is 0.261 e. The Bertz CT molecular complexity index is 1740. The molecule has 0 saturated carbocycles. The first-order chi connectivity index (χ1) is 22.2. The molecule has 46 heavy (non-hydrogen) atoms. The normalized spacial score (nSPS) is 14.3. The van der Waals surface area contributed by atoms with Gasteiger partial charge in [0.25, 0.3) is 5.91 Å². The summed E-state index contributed by atoms with van der Waals surface area (Å²) in [5.74, 6) is -1.12. The van der Waals surface area contributed by atoms with E-state index in [2.05, 4.69) is 5.32 Å². The van der Waals surface area contributed by atoms with Crippen LogP contribution in [0.2, 0.25) is 5.02 Å². The monoisotopic (exact) mass is 665 g/mol. The van der Waals surface area contributed by atoms with Gasteiger partial charge in [0.2, 0.25) is 15.9 Å². The Morgan fingerprint density at radius 3 is 2.24 bits per heavy atom. The number of sulfonamides is 1. The van der Waals surface area contributed by atoms with E-state index in [9.17, 15) is 22.4 Å². The van der Waals surface area contributed by atoms with Gasteiger partial charge < -0.3 is 19.7 Å². The van der Waals surface area contributed by atoms with Crippen molar-refractivity contribution in [2.75, 3.05) is 32.9 Å². The third-order valence-corrected chi connectivity index (χ3v) is 9.75. The fraction of sp³-hybridized carbons (Fsp3) is 0.235. The standard InChI is InChI=1S/C34H33ClFN3O6S/c35-31-9-5-4-8-27(31)22-37-34(41)33(26-6-2-1-3-7-26)39(23-25-10-12-28(36)13-11-25)32(40)24-45-29-14-16-30(17-15-29)46(42,43)38-18-20-44-21-19-38/h1-17,33H,18-24H2,(H,37,41)/t33-/m1/s1. The molecule has 5 rings (SSSR count). The summed E-state index contributed by atoms with van der Waals surface area (Å²) >= 11 is 6.31. The van der Waals surface area contributed by atoms with Crippen molar-refractivity contribution in [1.29, 1.82) is 0 Å². The quantitative estimate of drug-likeness (QED) is 0.229. The van der Waals surface area contributed by atoms with Crippen LogP contribution < -0.4 is 10.1 Å². The molecule has 1 N–H and O–H groups in total. The molecule has 240 valence electrons. The Kier molecular flexibility index (Phi) is 11.0. The number of halogens is 2. The zero-order valence-electron chi connectivity index (χ0n) is 24.9. The average Bonchev–Trinajstić information content (AvgIpc) is 3.08. The zero-order valence-corrected chi connectivity index (χ0v) is 26.4. The van der Waals surface area contributed by atoms with E-state index in [0.29, 0.717) is 34.9 Å². The number of benzene rings is 4. The van der Waals surface area contributed by atoms with Crippen molar-refractivity contribution >= 4 is 33.4 Å². The van der Waals surface area contributed by atoms with Crippen LogP contribution in [0.5, 0.6) is 5.75 Å². The van der Waals surface area contributed by atoms with Crippen molar-refractivity contribution in [2.45, 2.75) is 24.0 Å². The third kappa shape index (κ3) is 8.29. The molecule has 0 aliphatic carbocycles. The van der Waals surface area contributed by atoms with Gasteiger partial charge in [0.1, 0.15) is 17.6 Å². The van der Waals surface area contributed by atoms with Crippen LogP contribution in [0.3, 0.4) is 0 Å². The maximum Gasteiger partial charge on any atom is 0.261 e. The van der Waals surface area contributed by atoms with Gasteiger partial charge in [0.15, 0.2) is 6.61 Å². The molecule has 0 radical (unpaired) electrons. The van der Waals surface area contributed by atoms with E-state index in [1.165, 1.54) is 45.6 Å². The van der Waals surface area contributed by atoms with Crippen LogP contribution in [0.4, 0.5) is 4.39 Å². The van der Waals surface area contributed by atoms with E-state index in [-0.39, 0.29) is 36.8 Å². The fourth-order valence-electron chi connectivity index (χ4n) is 5.01. The van der Waals surface area contributed by atoms with Gasteiger partial charge in [-0.1, -0.05) is 72.3 Å². The van der Waals surface area contributed by atoms with E-state index in [1.54, 1.807) is 60.7 Å². The molecule has 9 nitrogen and oxygen atoms in total. The van der Waals surface area contributed by atoms with Crippen molar-refractivity contribution in [3.8, 4) is 5.75 Å². The van der Waals surface area contributed by atoms with Crippen LogP contribution in [0.1, 0.15) is 22.7 Å². The second kappa shape index (κ2) is 15.3. The Hall–Kier alpha value is -4.29. The average molecular weight is 666 g/mol. The van der Waals surface area contributed by atoms with Crippen molar-refractivity contribution in [3.05, 3.63) is 131 Å². The Morgan fingerprint density at radius 1 is 0.913 bits per heavy atom. The predicted octanol–water partition coefficient (Wildman–Crippen LogP) is 4.97. The van der Waals surface area contributed by atoms with E-state index >= 15 is 0 Å². The lowest BCUT2D eigenvalue weighted by molar-refractivity contribution is -0.143. The van der Waals surface area contributed by atoms with Crippen LogP contribution in [0.25, 0.3) is 0 Å². The van der Waals surface area contributed by atoms with Crippen LogP contribution in [0, 0.1) is 5.82 Å². The van der Waals surface area contributed by atoms with E-state index < -0.39 is 40.3 Å². The summed E-state index contributed by atoms with van der Waals surface area (Å²) in [6.07, 6.45) is 0. The number of ether oxygens (including phenoxy) is 2. The largest absolute Gasteiger partial charge is 0.484 e. The third-order valence-electron chi connectivity index (χ3n) is 7.47. The molecular weight excluding hydrogens is 633 g/mol. The molecule has 1 aliphatic heterocycles. The highest BCUT2D eigenvalue weighted by Gasteiger charge is 2.32. The van der Waals surface area contributed by atoms with Gasteiger partial charge in [-0.15, -0.1) is 0 Å². The Morgan fingerprint density at radius 2 is 1.57 bits per heavy atom. The highest BCUT2D eigenvalue weighted by molar-refractivity contribution is 7.89. The van der Waals surface area contributed by atoms with Gasteiger partial charge in [-0.2, -0.15) is 4.31 Å². The lowest BCUT2D eigenvalue weighted by Gasteiger charge is -2.31. The summed E-state index contributed by atoms with van der Waals surface area (Å²) in [4.78, 5) is 29.2. The number of nitrogens with zero attached hydrogens (tertiary/aromatic N) is 2. The Labute approximate surface area is 272 Å². The van der Waals surface area contributed by atoms with Gasteiger partial charge in [0.05, 0.1) is 18.1 Å². The number of carbonyl (C=O) groups is 2. The van der Waals surface area contributed by atoms with Gasteiger partial charge >= 0.3 is 0 Å². The van der Waals surface area contributed by atoms with Gasteiger partial charge in [0, 0.05) is 31.2 Å². The molecule has 0 unspecified atom stereocenters. The number of hydrogen-bond acceptors (Lipinski definition) is 6. The van der Waals surface area contributed by atoms with Crippen molar-refractivity contribution in [2.24, 2.45) is 0 Å². The fourth-order valence-corrected chi connectivity index (χ4v) is 6.62. The highest BCUT2D eigenvalue weighted by Crippen LogP contribution is 2.26. The van der Waals surface area contributed by atoms with Crippen LogP contribution in [-0.4, -0.2) is 62.3 Å². The van der Waals surface area contributed by atoms with E-state index in [1.807, 2.05) is 6.07 Å². The summed E-state index contributed by atoms with van der Waals surface area (Å²) in [7, 11) is -3.70. The van der Waals surface area contributed by atoms with Crippen molar-refractivity contribution in [3.63, 3.8) is 0 Å². The molecule has 1 fully saturated rings. The number of hydrogen-bond donors (Lipinski definition) is 1. The summed E-state index contributed by atoms with van der Waals surface area (Å²) in [5, 5.41) is 3.40. The van der Waals surface area contributed by atoms with E-state index in [4.69, 9.17) is 21.1 Å². The molecule has 0 aromatic heterocycles. The molecule has 0 spiro atoms. The summed E-state index contributed by atoms with van der Waals surface area (Å²) in [5.41, 5.74) is 1.88. The highest BCUT2D eigenvalue weighted by atomic mass is 35.5. The maximum absolute atomic E-state index is 13.9.